The number of benzene rings is 4. The number of halogens is 1. The van der Waals surface area contributed by atoms with E-state index in [0.29, 0.717) is 28.0 Å². The topological polar surface area (TPSA) is 143 Å². The number of rotatable bonds is 9. The normalized spacial score (nSPS) is 11.2. The molecule has 1 aromatic heterocycles. The Morgan fingerprint density at radius 1 is 0.878 bits per heavy atom. The summed E-state index contributed by atoms with van der Waals surface area (Å²) in [6.07, 6.45) is 0. The number of ether oxygens (including phenoxy) is 1. The molecule has 5 aromatic rings. The molecule has 0 aliphatic rings. The number of para-hydroxylation sites is 2. The van der Waals surface area contributed by atoms with Crippen molar-refractivity contribution in [1.29, 1.82) is 0 Å². The van der Waals surface area contributed by atoms with E-state index >= 15 is 0 Å². The Labute approximate surface area is 234 Å². The van der Waals surface area contributed by atoms with Crippen molar-refractivity contribution in [1.82, 2.24) is 9.97 Å². The zero-order valence-corrected chi connectivity index (χ0v) is 22.4. The number of sulfonamides is 1. The monoisotopic (exact) mass is 573 g/mol. The quantitative estimate of drug-likeness (QED) is 0.192. The smallest absolute Gasteiger partial charge is 0.263 e. The molecule has 5 rings (SSSR count). The van der Waals surface area contributed by atoms with E-state index in [4.69, 9.17) is 4.74 Å². The maximum absolute atomic E-state index is 14.0. The Bertz CT molecular complexity index is 1840. The average molecular weight is 574 g/mol. The largest absolute Gasteiger partial charge is 0.497 e. The van der Waals surface area contributed by atoms with E-state index in [1.54, 1.807) is 42.5 Å². The number of fused-ring (bicyclic) bond motifs is 1. The summed E-state index contributed by atoms with van der Waals surface area (Å²) < 4.78 is 48.8. The van der Waals surface area contributed by atoms with Gasteiger partial charge in [0.1, 0.15) is 11.6 Å². The molecule has 1 amide bonds. The first-order valence-electron chi connectivity index (χ1n) is 12.3. The van der Waals surface area contributed by atoms with Gasteiger partial charge < -0.3 is 20.5 Å². The molecule has 0 saturated carbocycles. The Balaban J connectivity index is 1.48. The van der Waals surface area contributed by atoms with Gasteiger partial charge in [-0.15, -0.1) is 0 Å². The van der Waals surface area contributed by atoms with Crippen molar-refractivity contribution in [2.75, 3.05) is 22.5 Å². The van der Waals surface area contributed by atoms with Crippen molar-refractivity contribution >= 4 is 50.0 Å². The number of hydrogen-bond acceptors (Lipinski definition) is 8. The van der Waals surface area contributed by atoms with Crippen LogP contribution in [0.1, 0.15) is 15.9 Å². The minimum Gasteiger partial charge on any atom is -0.497 e. The molecule has 12 heteroatoms. The van der Waals surface area contributed by atoms with Crippen LogP contribution in [-0.4, -0.2) is 36.5 Å². The second-order valence-corrected chi connectivity index (χ2v) is 10.5. The molecule has 1 heterocycles. The maximum atomic E-state index is 14.0. The first-order valence-corrected chi connectivity index (χ1v) is 13.8. The lowest BCUT2D eigenvalue weighted by Crippen LogP contribution is -2.17. The summed E-state index contributed by atoms with van der Waals surface area (Å²) in [5, 5.41) is 15.2. The molecule has 10 nitrogen and oxygen atoms in total. The van der Waals surface area contributed by atoms with E-state index in [9.17, 15) is 22.7 Å². The van der Waals surface area contributed by atoms with Gasteiger partial charge in [-0.1, -0.05) is 30.3 Å². The summed E-state index contributed by atoms with van der Waals surface area (Å²) in [7, 11) is -2.75. The number of nitrogens with zero attached hydrogens (tertiary/aromatic N) is 2. The summed E-state index contributed by atoms with van der Waals surface area (Å²) in [4.78, 5) is 21.4. The highest BCUT2D eigenvalue weighted by Gasteiger charge is 2.21. The highest BCUT2D eigenvalue weighted by atomic mass is 32.2. The molecule has 208 valence electrons. The molecule has 0 aliphatic carbocycles. The van der Waals surface area contributed by atoms with Crippen LogP contribution in [0.2, 0.25) is 0 Å². The van der Waals surface area contributed by atoms with E-state index in [1.165, 1.54) is 49.6 Å². The minimum atomic E-state index is -4.24. The van der Waals surface area contributed by atoms with Crippen LogP contribution < -0.4 is 20.1 Å². The van der Waals surface area contributed by atoms with Crippen molar-refractivity contribution in [3.05, 3.63) is 108 Å². The predicted octanol–water partition coefficient (Wildman–Crippen LogP) is 5.07. The second-order valence-electron chi connectivity index (χ2n) is 8.83. The van der Waals surface area contributed by atoms with Gasteiger partial charge in [-0.25, -0.2) is 22.8 Å². The molecule has 0 atom stereocenters. The number of carbonyl (C=O) groups is 1. The van der Waals surface area contributed by atoms with Crippen LogP contribution in [0, 0.1) is 5.82 Å². The van der Waals surface area contributed by atoms with E-state index in [-0.39, 0.29) is 34.4 Å². The van der Waals surface area contributed by atoms with Crippen molar-refractivity contribution < 1.29 is 27.4 Å². The Kier molecular flexibility index (Phi) is 7.77. The van der Waals surface area contributed by atoms with Gasteiger partial charge in [0.05, 0.1) is 35.2 Å². The maximum Gasteiger partial charge on any atom is 0.263 e. The lowest BCUT2D eigenvalue weighted by atomic mass is 10.2. The molecule has 0 fully saturated rings. The third kappa shape index (κ3) is 6.24. The van der Waals surface area contributed by atoms with Gasteiger partial charge in [0.15, 0.2) is 11.6 Å². The van der Waals surface area contributed by atoms with E-state index in [1.807, 2.05) is 0 Å². The predicted molar refractivity (Wildman–Crippen MR) is 153 cm³/mol. The van der Waals surface area contributed by atoms with Crippen LogP contribution in [0.3, 0.4) is 0 Å². The summed E-state index contributed by atoms with van der Waals surface area (Å²) in [6.45, 7) is -0.238. The van der Waals surface area contributed by atoms with Gasteiger partial charge in [0.25, 0.3) is 15.9 Å². The molecule has 0 unspecified atom stereocenters. The zero-order valence-electron chi connectivity index (χ0n) is 21.6. The van der Waals surface area contributed by atoms with E-state index in [2.05, 4.69) is 25.3 Å². The standard InChI is InChI=1S/C29H24FN5O5S/c1-40-21-14-18(17-36)13-20(15-21)31-27-28(34-26-12-5-4-11-25(26)33-27)35-41(38,39)22-8-6-7-19(16-22)32-29(37)23-9-2-3-10-24(23)30/h2-16,36H,17H2,1H3,(H,31,33)(H,32,37)(H,34,35). The molecule has 0 aliphatic heterocycles. The number of amides is 1. The minimum absolute atomic E-state index is 0.0853. The first-order chi connectivity index (χ1) is 19.8. The van der Waals surface area contributed by atoms with Crippen LogP contribution in [0.4, 0.5) is 27.4 Å². The number of aliphatic hydroxyl groups excluding tert-OH is 1. The van der Waals surface area contributed by atoms with Gasteiger partial charge in [-0.2, -0.15) is 0 Å². The van der Waals surface area contributed by atoms with Crippen molar-refractivity contribution in [2.24, 2.45) is 0 Å². The molecular formula is C29H24FN5O5S. The van der Waals surface area contributed by atoms with Crippen LogP contribution >= 0.6 is 0 Å². The molecular weight excluding hydrogens is 549 g/mol. The molecule has 0 saturated heterocycles. The van der Waals surface area contributed by atoms with Gasteiger partial charge in [0, 0.05) is 17.4 Å². The fourth-order valence-corrected chi connectivity index (χ4v) is 5.06. The fraction of sp³-hybridized carbons (Fsp3) is 0.0690. The Morgan fingerprint density at radius 3 is 2.29 bits per heavy atom. The van der Waals surface area contributed by atoms with Gasteiger partial charge in [0.2, 0.25) is 0 Å². The second kappa shape index (κ2) is 11.6. The number of aliphatic hydroxyl groups is 1. The SMILES string of the molecule is COc1cc(CO)cc(Nc2nc3ccccc3nc2NS(=O)(=O)c2cccc(NC(=O)c3ccccc3F)c2)c1. The molecule has 4 aromatic carbocycles. The third-order valence-electron chi connectivity index (χ3n) is 5.97. The molecule has 0 bridgehead atoms. The summed E-state index contributed by atoms with van der Waals surface area (Å²) in [5.41, 5.74) is 1.98. The number of anilines is 4. The van der Waals surface area contributed by atoms with Crippen LogP contribution in [0.25, 0.3) is 11.0 Å². The summed E-state index contributed by atoms with van der Waals surface area (Å²) in [6, 6.07) is 22.9. The van der Waals surface area contributed by atoms with Gasteiger partial charge in [-0.3, -0.25) is 9.52 Å². The lowest BCUT2D eigenvalue weighted by molar-refractivity contribution is 0.102. The van der Waals surface area contributed by atoms with Crippen molar-refractivity contribution in [3.63, 3.8) is 0 Å². The first kappa shape index (κ1) is 27.5. The Morgan fingerprint density at radius 2 is 1.59 bits per heavy atom. The van der Waals surface area contributed by atoms with E-state index < -0.39 is 21.7 Å². The molecule has 0 radical (unpaired) electrons. The lowest BCUT2D eigenvalue weighted by Gasteiger charge is -2.15. The summed E-state index contributed by atoms with van der Waals surface area (Å²) in [5.74, 6) is -0.930. The van der Waals surface area contributed by atoms with Gasteiger partial charge >= 0.3 is 0 Å². The highest BCUT2D eigenvalue weighted by molar-refractivity contribution is 7.92. The number of carbonyl (C=O) groups excluding carboxylic acids is 1. The average Bonchev–Trinajstić information content (AvgIpc) is 2.97. The number of hydrogen-bond donors (Lipinski definition) is 4. The third-order valence-corrected chi connectivity index (χ3v) is 7.31. The van der Waals surface area contributed by atoms with Crippen LogP contribution in [-0.2, 0) is 16.6 Å². The zero-order chi connectivity index (χ0) is 29.0. The van der Waals surface area contributed by atoms with Crippen LogP contribution in [0.5, 0.6) is 5.75 Å². The van der Waals surface area contributed by atoms with Gasteiger partial charge in [-0.05, 0) is 60.2 Å². The fourth-order valence-electron chi connectivity index (χ4n) is 4.01. The van der Waals surface area contributed by atoms with Crippen molar-refractivity contribution in [2.45, 2.75) is 11.5 Å². The Hall–Kier alpha value is -5.07. The van der Waals surface area contributed by atoms with E-state index in [0.717, 1.165) is 6.07 Å². The molecule has 0 spiro atoms. The van der Waals surface area contributed by atoms with Crippen LogP contribution in [0.15, 0.2) is 95.9 Å². The summed E-state index contributed by atoms with van der Waals surface area (Å²) >= 11 is 0. The molecule has 4 N–H and O–H groups in total. The molecule has 41 heavy (non-hydrogen) atoms. The number of nitrogens with one attached hydrogen (secondary N) is 3. The number of aromatic nitrogens is 2. The highest BCUT2D eigenvalue weighted by Crippen LogP contribution is 2.30. The van der Waals surface area contributed by atoms with Crippen molar-refractivity contribution in [3.8, 4) is 5.75 Å². The number of methoxy groups -OCH3 is 1.